The van der Waals surface area contributed by atoms with Gasteiger partial charge in [0.25, 0.3) is 10.0 Å². The van der Waals surface area contributed by atoms with Crippen molar-refractivity contribution in [2.45, 2.75) is 11.8 Å². The molecule has 1 aromatic heterocycles. The van der Waals surface area contributed by atoms with E-state index in [0.29, 0.717) is 5.69 Å². The van der Waals surface area contributed by atoms with E-state index in [0.717, 1.165) is 22.8 Å². The van der Waals surface area contributed by atoms with E-state index in [-0.39, 0.29) is 10.6 Å². The Morgan fingerprint density at radius 1 is 1.08 bits per heavy atom. The second-order valence-electron chi connectivity index (χ2n) is 5.67. The molecule has 3 rings (SSSR count). The van der Waals surface area contributed by atoms with Crippen LogP contribution in [0.4, 0.5) is 10.1 Å². The van der Waals surface area contributed by atoms with Gasteiger partial charge in [-0.05, 0) is 48.4 Å². The normalized spacial score (nSPS) is 11.2. The number of nitrogens with zero attached hydrogens (tertiary/aromatic N) is 1. The van der Waals surface area contributed by atoms with Gasteiger partial charge in [-0.3, -0.25) is 9.71 Å². The molecule has 0 aliphatic heterocycles. The summed E-state index contributed by atoms with van der Waals surface area (Å²) in [5.74, 6) is -0.755. The van der Waals surface area contributed by atoms with Crippen LogP contribution in [0, 0.1) is 12.7 Å². The molecule has 0 atom stereocenters. The molecule has 0 saturated heterocycles. The highest BCUT2D eigenvalue weighted by molar-refractivity contribution is 7.92. The number of hydrogen-bond donors (Lipinski definition) is 1. The van der Waals surface area contributed by atoms with Crippen LogP contribution in [0.25, 0.3) is 11.1 Å². The average molecular weight is 372 g/mol. The second kappa shape index (κ2) is 7.13. The van der Waals surface area contributed by atoms with Crippen molar-refractivity contribution in [3.05, 3.63) is 72.3 Å². The lowest BCUT2D eigenvalue weighted by atomic mass is 10.0. The smallest absolute Gasteiger partial charge is 0.262 e. The minimum absolute atomic E-state index is 0.0151. The molecular formula is C19H17FN2O3S. The number of ether oxygens (including phenoxy) is 1. The molecule has 0 saturated carbocycles. The van der Waals surface area contributed by atoms with Gasteiger partial charge < -0.3 is 4.74 Å². The zero-order valence-corrected chi connectivity index (χ0v) is 15.0. The minimum atomic E-state index is -3.94. The monoisotopic (exact) mass is 372 g/mol. The molecule has 0 aliphatic carbocycles. The lowest BCUT2D eigenvalue weighted by Crippen LogP contribution is -2.14. The Bertz CT molecular complexity index is 1040. The molecule has 0 unspecified atom stereocenters. The first kappa shape index (κ1) is 17.9. The summed E-state index contributed by atoms with van der Waals surface area (Å²) in [6.07, 6.45) is 3.36. The Morgan fingerprint density at radius 3 is 2.54 bits per heavy atom. The maximum Gasteiger partial charge on any atom is 0.262 e. The first-order valence-electron chi connectivity index (χ1n) is 7.78. The molecular weight excluding hydrogens is 355 g/mol. The molecule has 0 bridgehead atoms. The van der Waals surface area contributed by atoms with E-state index in [1.165, 1.54) is 19.2 Å². The fourth-order valence-corrected chi connectivity index (χ4v) is 3.60. The summed E-state index contributed by atoms with van der Waals surface area (Å²) in [5, 5.41) is 0. The number of benzene rings is 2. The summed E-state index contributed by atoms with van der Waals surface area (Å²) in [7, 11) is -2.63. The van der Waals surface area contributed by atoms with E-state index in [9.17, 15) is 12.8 Å². The van der Waals surface area contributed by atoms with Crippen molar-refractivity contribution in [3.63, 3.8) is 0 Å². The van der Waals surface area contributed by atoms with Gasteiger partial charge in [0.05, 0.1) is 17.7 Å². The molecule has 2 aromatic carbocycles. The summed E-state index contributed by atoms with van der Waals surface area (Å²) in [6, 6.07) is 12.6. The number of rotatable bonds is 5. The van der Waals surface area contributed by atoms with Gasteiger partial charge in [0.1, 0.15) is 0 Å². The van der Waals surface area contributed by atoms with Gasteiger partial charge in [0.2, 0.25) is 0 Å². The summed E-state index contributed by atoms with van der Waals surface area (Å²) < 4.78 is 46.4. The van der Waals surface area contributed by atoms with Crippen molar-refractivity contribution >= 4 is 15.7 Å². The van der Waals surface area contributed by atoms with Gasteiger partial charge in [-0.2, -0.15) is 0 Å². The van der Waals surface area contributed by atoms with E-state index in [4.69, 9.17) is 4.74 Å². The summed E-state index contributed by atoms with van der Waals surface area (Å²) in [6.45, 7) is 1.79. The number of sulfonamides is 1. The number of nitrogens with one attached hydrogen (secondary N) is 1. The number of aromatic nitrogens is 1. The molecule has 7 heteroatoms. The van der Waals surface area contributed by atoms with E-state index in [1.54, 1.807) is 31.5 Å². The van der Waals surface area contributed by atoms with E-state index >= 15 is 0 Å². The molecule has 0 fully saturated rings. The fourth-order valence-electron chi connectivity index (χ4n) is 2.46. The van der Waals surface area contributed by atoms with E-state index in [1.807, 2.05) is 18.2 Å². The summed E-state index contributed by atoms with van der Waals surface area (Å²) in [4.78, 5) is 3.89. The lowest BCUT2D eigenvalue weighted by Gasteiger charge is -2.13. The van der Waals surface area contributed by atoms with E-state index < -0.39 is 15.8 Å². The summed E-state index contributed by atoms with van der Waals surface area (Å²) in [5.41, 5.74) is 2.85. The van der Waals surface area contributed by atoms with Crippen LogP contribution in [0.15, 0.2) is 65.8 Å². The Balaban J connectivity index is 1.96. The average Bonchev–Trinajstić information content (AvgIpc) is 2.64. The fraction of sp³-hybridized carbons (Fsp3) is 0.105. The van der Waals surface area contributed by atoms with Crippen molar-refractivity contribution in [2.75, 3.05) is 11.8 Å². The standard InChI is InChI=1S/C19H17FN2O3S/c1-13-5-6-14(15-4-3-9-21-12-15)10-18(13)22-26(23,24)16-7-8-19(25-2)17(20)11-16/h3-12,22H,1-2H3. The molecule has 0 aliphatic rings. The SMILES string of the molecule is COc1ccc(S(=O)(=O)Nc2cc(-c3cccnc3)ccc2C)cc1F. The Labute approximate surface area is 151 Å². The molecule has 3 aromatic rings. The van der Waals surface area contributed by atoms with Gasteiger partial charge in [0, 0.05) is 18.0 Å². The van der Waals surface area contributed by atoms with Crippen molar-refractivity contribution in [1.82, 2.24) is 4.98 Å². The number of halogens is 1. The molecule has 0 radical (unpaired) electrons. The molecule has 134 valence electrons. The number of anilines is 1. The third-order valence-corrected chi connectivity index (χ3v) is 5.27. The summed E-state index contributed by atoms with van der Waals surface area (Å²) >= 11 is 0. The van der Waals surface area contributed by atoms with Crippen LogP contribution in [-0.2, 0) is 10.0 Å². The van der Waals surface area contributed by atoms with Gasteiger partial charge >= 0.3 is 0 Å². The quantitative estimate of drug-likeness (QED) is 0.735. The highest BCUT2D eigenvalue weighted by Gasteiger charge is 2.18. The van der Waals surface area contributed by atoms with E-state index in [2.05, 4.69) is 9.71 Å². The largest absolute Gasteiger partial charge is 0.494 e. The zero-order valence-electron chi connectivity index (χ0n) is 14.2. The van der Waals surface area contributed by atoms with Crippen molar-refractivity contribution in [2.24, 2.45) is 0 Å². The van der Waals surface area contributed by atoms with Gasteiger partial charge in [-0.15, -0.1) is 0 Å². The third kappa shape index (κ3) is 3.67. The van der Waals surface area contributed by atoms with Crippen LogP contribution in [-0.4, -0.2) is 20.5 Å². The number of pyridine rings is 1. The van der Waals surface area contributed by atoms with Crippen molar-refractivity contribution in [3.8, 4) is 16.9 Å². The highest BCUT2D eigenvalue weighted by atomic mass is 32.2. The molecule has 1 N–H and O–H groups in total. The molecule has 1 heterocycles. The van der Waals surface area contributed by atoms with Crippen LogP contribution in [0.3, 0.4) is 0 Å². The maximum atomic E-state index is 13.9. The lowest BCUT2D eigenvalue weighted by molar-refractivity contribution is 0.385. The van der Waals surface area contributed by atoms with Crippen LogP contribution in [0.2, 0.25) is 0 Å². The number of methoxy groups -OCH3 is 1. The van der Waals surface area contributed by atoms with Crippen LogP contribution in [0.1, 0.15) is 5.56 Å². The highest BCUT2D eigenvalue weighted by Crippen LogP contribution is 2.28. The van der Waals surface area contributed by atoms with Crippen LogP contribution >= 0.6 is 0 Å². The zero-order chi connectivity index (χ0) is 18.7. The van der Waals surface area contributed by atoms with Crippen molar-refractivity contribution < 1.29 is 17.5 Å². The van der Waals surface area contributed by atoms with Crippen LogP contribution in [0.5, 0.6) is 5.75 Å². The Hall–Kier alpha value is -2.93. The maximum absolute atomic E-state index is 13.9. The van der Waals surface area contributed by atoms with Crippen molar-refractivity contribution in [1.29, 1.82) is 0 Å². The first-order valence-corrected chi connectivity index (χ1v) is 9.26. The predicted octanol–water partition coefficient (Wildman–Crippen LogP) is 4.01. The Morgan fingerprint density at radius 2 is 1.88 bits per heavy atom. The number of aryl methyl sites for hydroxylation is 1. The predicted molar refractivity (Wildman–Crippen MR) is 98.2 cm³/mol. The molecule has 5 nitrogen and oxygen atoms in total. The van der Waals surface area contributed by atoms with Gasteiger partial charge in [0.15, 0.2) is 11.6 Å². The third-order valence-electron chi connectivity index (χ3n) is 3.91. The van der Waals surface area contributed by atoms with Crippen LogP contribution < -0.4 is 9.46 Å². The van der Waals surface area contributed by atoms with Gasteiger partial charge in [-0.25, -0.2) is 12.8 Å². The topological polar surface area (TPSA) is 68.3 Å². The second-order valence-corrected chi connectivity index (χ2v) is 7.36. The first-order chi connectivity index (χ1) is 12.4. The molecule has 0 spiro atoms. The molecule has 26 heavy (non-hydrogen) atoms. The Kier molecular flexibility index (Phi) is 4.90. The minimum Gasteiger partial charge on any atom is -0.494 e. The molecule has 0 amide bonds. The van der Waals surface area contributed by atoms with Gasteiger partial charge in [-0.1, -0.05) is 18.2 Å². The number of hydrogen-bond acceptors (Lipinski definition) is 4.